The van der Waals surface area contributed by atoms with Gasteiger partial charge in [0.25, 0.3) is 0 Å². The van der Waals surface area contributed by atoms with Gasteiger partial charge in [0.05, 0.1) is 6.42 Å². The van der Waals surface area contributed by atoms with Crippen LogP contribution in [-0.4, -0.2) is 11.1 Å². The Hall–Kier alpha value is -1.26. The molecule has 0 aliphatic heterocycles. The van der Waals surface area contributed by atoms with Gasteiger partial charge in [-0.3, -0.25) is 4.79 Å². The quantitative estimate of drug-likeness (QED) is 0.824. The first-order valence-electron chi connectivity index (χ1n) is 5.82. The summed E-state index contributed by atoms with van der Waals surface area (Å²) in [5.41, 5.74) is 1.97. The van der Waals surface area contributed by atoms with Crippen LogP contribution in [0.25, 0.3) is 0 Å². The predicted molar refractivity (Wildman–Crippen MR) is 81.5 cm³/mol. The molecule has 19 heavy (non-hydrogen) atoms. The van der Waals surface area contributed by atoms with E-state index in [9.17, 15) is 4.79 Å². The monoisotopic (exact) mass is 336 g/mol. The molecule has 0 bridgehead atoms. The van der Waals surface area contributed by atoms with E-state index in [0.29, 0.717) is 0 Å². The first-order valence-corrected chi connectivity index (χ1v) is 7.60. The fourth-order valence-electron chi connectivity index (χ4n) is 1.75. The van der Waals surface area contributed by atoms with Gasteiger partial charge < -0.3 is 5.11 Å². The summed E-state index contributed by atoms with van der Waals surface area (Å²) in [5.74, 6) is -0.0141. The van der Waals surface area contributed by atoms with Gasteiger partial charge in [0.2, 0.25) is 0 Å². The molecule has 0 heterocycles. The highest BCUT2D eigenvalue weighted by Crippen LogP contribution is 2.26. The number of thioether (sulfide) groups is 1. The Morgan fingerprint density at radius 1 is 1.11 bits per heavy atom. The zero-order valence-corrected chi connectivity index (χ0v) is 12.6. The third-order valence-electron chi connectivity index (χ3n) is 2.65. The smallest absolute Gasteiger partial charge is 0.307 e. The number of carbonyl (C=O) groups is 1. The number of carboxylic acids is 1. The van der Waals surface area contributed by atoms with Crippen molar-refractivity contribution in [3.05, 3.63) is 64.1 Å². The van der Waals surface area contributed by atoms with Gasteiger partial charge in [0.1, 0.15) is 0 Å². The van der Waals surface area contributed by atoms with Gasteiger partial charge in [-0.25, -0.2) is 0 Å². The van der Waals surface area contributed by atoms with Crippen molar-refractivity contribution >= 4 is 33.7 Å². The Labute approximate surface area is 125 Å². The molecule has 0 aliphatic rings. The third kappa shape index (κ3) is 4.40. The Morgan fingerprint density at radius 3 is 2.53 bits per heavy atom. The fourth-order valence-corrected chi connectivity index (χ4v) is 3.29. The number of carboxylic acid groups (broad SMARTS) is 1. The third-order valence-corrected chi connectivity index (χ3v) is 4.19. The Morgan fingerprint density at radius 2 is 1.84 bits per heavy atom. The van der Waals surface area contributed by atoms with Crippen LogP contribution < -0.4 is 0 Å². The molecule has 4 heteroatoms. The Kier molecular flexibility index (Phi) is 5.05. The van der Waals surface area contributed by atoms with E-state index in [0.717, 1.165) is 21.4 Å². The minimum absolute atomic E-state index is 0.0786. The van der Waals surface area contributed by atoms with E-state index in [1.165, 1.54) is 4.90 Å². The van der Waals surface area contributed by atoms with E-state index < -0.39 is 5.97 Å². The molecule has 0 unspecified atom stereocenters. The number of aliphatic carboxylic acids is 1. The molecule has 0 saturated carbocycles. The van der Waals surface area contributed by atoms with E-state index in [4.69, 9.17) is 5.11 Å². The maximum atomic E-state index is 10.8. The summed E-state index contributed by atoms with van der Waals surface area (Å²) in [7, 11) is 0. The molecule has 2 rings (SSSR count). The normalized spacial score (nSPS) is 10.4. The summed E-state index contributed by atoms with van der Waals surface area (Å²) in [4.78, 5) is 12.0. The first-order chi connectivity index (χ1) is 9.15. The number of halogens is 1. The van der Waals surface area contributed by atoms with Crippen molar-refractivity contribution < 1.29 is 9.90 Å². The maximum Gasteiger partial charge on any atom is 0.307 e. The molecular weight excluding hydrogens is 324 g/mol. The fraction of sp³-hybridized carbons (Fsp3) is 0.133. The van der Waals surface area contributed by atoms with E-state index in [2.05, 4.69) is 28.1 Å². The van der Waals surface area contributed by atoms with Gasteiger partial charge in [-0.2, -0.15) is 0 Å². The second-order valence-electron chi connectivity index (χ2n) is 4.09. The highest BCUT2D eigenvalue weighted by atomic mass is 79.9. The summed E-state index contributed by atoms with van der Waals surface area (Å²) in [5, 5.41) is 8.90. The number of benzene rings is 2. The van der Waals surface area contributed by atoms with Gasteiger partial charge in [0, 0.05) is 15.1 Å². The summed E-state index contributed by atoms with van der Waals surface area (Å²) in [6, 6.07) is 15.8. The first kappa shape index (κ1) is 14.2. The molecule has 0 spiro atoms. The van der Waals surface area contributed by atoms with Crippen molar-refractivity contribution in [1.82, 2.24) is 0 Å². The van der Waals surface area contributed by atoms with Crippen molar-refractivity contribution in [3.63, 3.8) is 0 Å². The van der Waals surface area contributed by atoms with Gasteiger partial charge in [-0.1, -0.05) is 46.3 Å². The van der Waals surface area contributed by atoms with Crippen LogP contribution in [0.4, 0.5) is 0 Å². The van der Waals surface area contributed by atoms with Crippen LogP contribution in [0.15, 0.2) is 57.9 Å². The van der Waals surface area contributed by atoms with Crippen LogP contribution in [-0.2, 0) is 17.0 Å². The van der Waals surface area contributed by atoms with Crippen molar-refractivity contribution in [2.24, 2.45) is 0 Å². The molecule has 0 saturated heterocycles. The average molecular weight is 337 g/mol. The van der Waals surface area contributed by atoms with E-state index in [1.54, 1.807) is 11.8 Å². The van der Waals surface area contributed by atoms with Crippen LogP contribution in [0.5, 0.6) is 0 Å². The summed E-state index contributed by atoms with van der Waals surface area (Å²) < 4.78 is 1.05. The van der Waals surface area contributed by atoms with Crippen molar-refractivity contribution in [3.8, 4) is 0 Å². The molecular formula is C15H13BrO2S. The molecule has 2 nitrogen and oxygen atoms in total. The van der Waals surface area contributed by atoms with Crippen LogP contribution in [0.2, 0.25) is 0 Å². The van der Waals surface area contributed by atoms with Crippen molar-refractivity contribution in [1.29, 1.82) is 0 Å². The molecule has 0 radical (unpaired) electrons. The lowest BCUT2D eigenvalue weighted by atomic mass is 10.1. The largest absolute Gasteiger partial charge is 0.481 e. The lowest BCUT2D eigenvalue weighted by Gasteiger charge is -2.07. The molecule has 0 aliphatic carbocycles. The number of hydrogen-bond acceptors (Lipinski definition) is 2. The lowest BCUT2D eigenvalue weighted by Crippen LogP contribution is -2.02. The van der Waals surface area contributed by atoms with Crippen molar-refractivity contribution in [2.45, 2.75) is 17.1 Å². The van der Waals surface area contributed by atoms with Gasteiger partial charge >= 0.3 is 5.97 Å². The lowest BCUT2D eigenvalue weighted by molar-refractivity contribution is -0.136. The number of rotatable bonds is 5. The van der Waals surface area contributed by atoms with E-state index in [1.807, 2.05) is 36.4 Å². The second kappa shape index (κ2) is 6.78. The van der Waals surface area contributed by atoms with E-state index in [-0.39, 0.29) is 6.42 Å². The SMILES string of the molecule is O=C(O)Cc1ccccc1CSc1cccc(Br)c1. The zero-order chi connectivity index (χ0) is 13.7. The molecule has 2 aromatic carbocycles. The highest BCUT2D eigenvalue weighted by Gasteiger charge is 2.06. The maximum absolute atomic E-state index is 10.8. The minimum Gasteiger partial charge on any atom is -0.481 e. The zero-order valence-electron chi connectivity index (χ0n) is 10.2. The summed E-state index contributed by atoms with van der Waals surface area (Å²) in [6.45, 7) is 0. The van der Waals surface area contributed by atoms with Crippen LogP contribution in [0, 0.1) is 0 Å². The van der Waals surface area contributed by atoms with Gasteiger partial charge in [0.15, 0.2) is 0 Å². The topological polar surface area (TPSA) is 37.3 Å². The Balaban J connectivity index is 2.09. The number of hydrogen-bond donors (Lipinski definition) is 1. The predicted octanol–water partition coefficient (Wildman–Crippen LogP) is 4.37. The summed E-state index contributed by atoms with van der Waals surface area (Å²) >= 11 is 5.15. The van der Waals surface area contributed by atoms with Gasteiger partial charge in [-0.15, -0.1) is 11.8 Å². The molecule has 0 amide bonds. The molecule has 0 atom stereocenters. The standard InChI is InChI=1S/C15H13BrO2S/c16-13-6-3-7-14(9-13)19-10-12-5-2-1-4-11(12)8-15(17)18/h1-7,9H,8,10H2,(H,17,18). The molecule has 98 valence electrons. The second-order valence-corrected chi connectivity index (χ2v) is 6.05. The highest BCUT2D eigenvalue weighted by molar-refractivity contribution is 9.10. The molecule has 0 aromatic heterocycles. The van der Waals surface area contributed by atoms with Crippen LogP contribution in [0.1, 0.15) is 11.1 Å². The molecule has 0 fully saturated rings. The van der Waals surface area contributed by atoms with Crippen LogP contribution >= 0.6 is 27.7 Å². The van der Waals surface area contributed by atoms with E-state index >= 15 is 0 Å². The van der Waals surface area contributed by atoms with Crippen molar-refractivity contribution in [2.75, 3.05) is 0 Å². The molecule has 2 aromatic rings. The van der Waals surface area contributed by atoms with Crippen LogP contribution in [0.3, 0.4) is 0 Å². The Bertz CT molecular complexity index is 584. The minimum atomic E-state index is -0.792. The van der Waals surface area contributed by atoms with Gasteiger partial charge in [-0.05, 0) is 29.3 Å². The average Bonchev–Trinajstić information content (AvgIpc) is 2.37. The summed E-state index contributed by atoms with van der Waals surface area (Å²) in [6.07, 6.45) is 0.0786. The molecule has 1 N–H and O–H groups in total.